The molecular formula is C14H13N3O. The van der Waals surface area contributed by atoms with E-state index in [2.05, 4.69) is 10.4 Å². The molecule has 0 radical (unpaired) electrons. The van der Waals surface area contributed by atoms with Crippen molar-refractivity contribution in [1.29, 1.82) is 5.26 Å². The second kappa shape index (κ2) is 9.43. The van der Waals surface area contributed by atoms with E-state index in [0.717, 1.165) is 0 Å². The van der Waals surface area contributed by atoms with E-state index in [0.29, 0.717) is 0 Å². The maximum atomic E-state index is 8.77. The lowest BCUT2D eigenvalue weighted by Gasteiger charge is -1.77. The van der Waals surface area contributed by atoms with E-state index >= 15 is 0 Å². The molecule has 1 aromatic heterocycles. The number of H-pyrrole nitrogens is 1. The lowest BCUT2D eigenvalue weighted by atomic mass is 10.4. The highest BCUT2D eigenvalue weighted by Crippen LogP contribution is 1.83. The van der Waals surface area contributed by atoms with Crippen molar-refractivity contribution < 1.29 is 4.52 Å². The van der Waals surface area contributed by atoms with E-state index in [4.69, 9.17) is 9.78 Å². The number of aromatic amines is 1. The van der Waals surface area contributed by atoms with Gasteiger partial charge < -0.3 is 4.52 Å². The van der Waals surface area contributed by atoms with Crippen molar-refractivity contribution in [3.05, 3.63) is 78.7 Å². The van der Waals surface area contributed by atoms with Crippen LogP contribution in [0.25, 0.3) is 0 Å². The van der Waals surface area contributed by atoms with Gasteiger partial charge in [-0.05, 0) is 12.1 Å². The summed E-state index contributed by atoms with van der Waals surface area (Å²) in [6.45, 7) is 0. The average molecular weight is 239 g/mol. The Morgan fingerprint density at radius 3 is 2.06 bits per heavy atom. The van der Waals surface area contributed by atoms with Crippen LogP contribution in [-0.2, 0) is 0 Å². The van der Waals surface area contributed by atoms with Crippen LogP contribution in [0.1, 0.15) is 5.69 Å². The van der Waals surface area contributed by atoms with Gasteiger partial charge in [0.25, 0.3) is 0 Å². The first-order chi connectivity index (χ1) is 8.93. The zero-order chi connectivity index (χ0) is 12.9. The van der Waals surface area contributed by atoms with Gasteiger partial charge in [0.2, 0.25) is 0 Å². The van der Waals surface area contributed by atoms with Crippen molar-refractivity contribution in [1.82, 2.24) is 10.4 Å². The lowest BCUT2D eigenvalue weighted by Crippen LogP contribution is -1.78. The summed E-state index contributed by atoms with van der Waals surface area (Å²) in [5.41, 5.74) is 0.222. The Balaban J connectivity index is 3.19. The topological polar surface area (TPSA) is 65.6 Å². The molecule has 0 aromatic carbocycles. The van der Waals surface area contributed by atoms with Crippen LogP contribution in [0.4, 0.5) is 0 Å². The third kappa shape index (κ3) is 6.64. The minimum Gasteiger partial charge on any atom is -0.373 e. The highest BCUT2D eigenvalue weighted by atomic mass is 16.5. The van der Waals surface area contributed by atoms with Crippen molar-refractivity contribution in [2.45, 2.75) is 0 Å². The Hall–Kier alpha value is -2.80. The molecule has 4 nitrogen and oxygen atoms in total. The number of aromatic nitrogens is 2. The summed E-state index contributed by atoms with van der Waals surface area (Å²) >= 11 is 0. The van der Waals surface area contributed by atoms with Crippen LogP contribution in [0.5, 0.6) is 0 Å². The van der Waals surface area contributed by atoms with Crippen molar-refractivity contribution in [2.75, 3.05) is 0 Å². The molecule has 90 valence electrons. The molecule has 0 bridgehead atoms. The number of hydrogen-bond acceptors (Lipinski definition) is 3. The van der Waals surface area contributed by atoms with Crippen molar-refractivity contribution >= 4 is 0 Å². The van der Waals surface area contributed by atoms with Gasteiger partial charge in [-0.15, -0.1) is 10.4 Å². The summed E-state index contributed by atoms with van der Waals surface area (Å²) in [5.74, 6) is 0. The lowest BCUT2D eigenvalue weighted by molar-refractivity contribution is 0.366. The molecule has 0 fully saturated rings. The van der Waals surface area contributed by atoms with Gasteiger partial charge in [-0.2, -0.15) is 5.26 Å². The van der Waals surface area contributed by atoms with Gasteiger partial charge in [-0.25, -0.2) is 0 Å². The maximum Gasteiger partial charge on any atom is 0.163 e. The first kappa shape index (κ1) is 13.3. The van der Waals surface area contributed by atoms with E-state index in [9.17, 15) is 0 Å². The number of nitrogens with zero attached hydrogens (tertiary/aromatic N) is 2. The fourth-order valence-corrected chi connectivity index (χ4v) is 0.950. The van der Waals surface area contributed by atoms with Gasteiger partial charge in [0.1, 0.15) is 12.3 Å². The second-order valence-electron chi connectivity index (χ2n) is 3.05. The summed E-state index contributed by atoms with van der Waals surface area (Å²) in [4.78, 5) is 0. The van der Waals surface area contributed by atoms with E-state index < -0.39 is 0 Å². The Morgan fingerprint density at radius 2 is 1.44 bits per heavy atom. The van der Waals surface area contributed by atoms with E-state index in [1.54, 1.807) is 24.3 Å². The fraction of sp³-hybridized carbons (Fsp3) is 0. The summed E-state index contributed by atoms with van der Waals surface area (Å²) < 4.78 is 4.86. The number of hydrogen-bond donors (Lipinski definition) is 1. The molecule has 1 N–H and O–H groups in total. The Labute approximate surface area is 105 Å². The molecule has 0 aliphatic heterocycles. The van der Waals surface area contributed by atoms with Gasteiger partial charge in [0.15, 0.2) is 5.69 Å². The second-order valence-corrected chi connectivity index (χ2v) is 3.05. The SMILES string of the molecule is N#Cc1cccccccccccco[nH]n1. The third-order valence-electron chi connectivity index (χ3n) is 1.73. The minimum absolute atomic E-state index is 0.222. The summed E-state index contributed by atoms with van der Waals surface area (Å²) in [5, 5.41) is 14.8. The van der Waals surface area contributed by atoms with E-state index in [-0.39, 0.29) is 5.69 Å². The zero-order valence-corrected chi connectivity index (χ0v) is 9.73. The van der Waals surface area contributed by atoms with Crippen LogP contribution in [0.3, 0.4) is 0 Å². The molecule has 0 spiro atoms. The minimum atomic E-state index is 0.222. The molecular weight excluding hydrogens is 226 g/mol. The first-order valence-corrected chi connectivity index (χ1v) is 5.32. The largest absolute Gasteiger partial charge is 0.373 e. The predicted octanol–water partition coefficient (Wildman–Crippen LogP) is 3.25. The van der Waals surface area contributed by atoms with Crippen molar-refractivity contribution in [3.8, 4) is 6.07 Å². The van der Waals surface area contributed by atoms with Gasteiger partial charge in [0, 0.05) is 0 Å². The summed E-state index contributed by atoms with van der Waals surface area (Å²) in [6, 6.07) is 21.9. The fourth-order valence-electron chi connectivity index (χ4n) is 0.950. The smallest absolute Gasteiger partial charge is 0.163 e. The monoisotopic (exact) mass is 239 g/mol. The molecule has 0 amide bonds. The van der Waals surface area contributed by atoms with Crippen LogP contribution in [0, 0.1) is 11.3 Å². The molecule has 18 heavy (non-hydrogen) atoms. The Bertz CT molecular complexity index is 510. The van der Waals surface area contributed by atoms with Gasteiger partial charge in [-0.1, -0.05) is 54.6 Å². The number of nitrogens with one attached hydrogen (secondary N) is 1. The Kier molecular flexibility index (Phi) is 6.95. The molecule has 0 saturated heterocycles. The predicted molar refractivity (Wildman–Crippen MR) is 68.5 cm³/mol. The number of nitriles is 1. The molecule has 0 unspecified atom stereocenters. The standard InChI is InChI=1S/C14H13N3O/c15-13-14-11-9-7-5-3-1-2-4-6-8-10-12-18-17-16-14/h1-12,17H. The van der Waals surface area contributed by atoms with E-state index in [1.165, 1.54) is 6.26 Å². The first-order valence-electron chi connectivity index (χ1n) is 5.32. The molecule has 1 aromatic rings. The summed E-state index contributed by atoms with van der Waals surface area (Å²) in [7, 11) is 0. The highest BCUT2D eigenvalue weighted by Gasteiger charge is 1.79. The van der Waals surface area contributed by atoms with Crippen molar-refractivity contribution in [2.24, 2.45) is 0 Å². The highest BCUT2D eigenvalue weighted by molar-refractivity contribution is 5.15. The van der Waals surface area contributed by atoms with Crippen LogP contribution < -0.4 is 0 Å². The van der Waals surface area contributed by atoms with E-state index in [1.807, 2.05) is 48.5 Å². The molecule has 0 aliphatic rings. The van der Waals surface area contributed by atoms with Crippen LogP contribution in [0.2, 0.25) is 0 Å². The number of rotatable bonds is 0. The van der Waals surface area contributed by atoms with Crippen LogP contribution in [-0.4, -0.2) is 10.4 Å². The maximum absolute atomic E-state index is 8.77. The van der Waals surface area contributed by atoms with Crippen LogP contribution in [0.15, 0.2) is 77.5 Å². The molecule has 0 aliphatic carbocycles. The van der Waals surface area contributed by atoms with Crippen LogP contribution >= 0.6 is 0 Å². The molecule has 0 saturated carbocycles. The van der Waals surface area contributed by atoms with Gasteiger partial charge in [0.05, 0.1) is 0 Å². The average Bonchev–Trinajstić information content (AvgIpc) is 2.39. The molecule has 1 rings (SSSR count). The molecule has 1 heterocycles. The van der Waals surface area contributed by atoms with Crippen molar-refractivity contribution in [3.63, 3.8) is 0 Å². The third-order valence-corrected chi connectivity index (χ3v) is 1.73. The Morgan fingerprint density at radius 1 is 0.889 bits per heavy atom. The zero-order valence-electron chi connectivity index (χ0n) is 9.73. The van der Waals surface area contributed by atoms with Gasteiger partial charge in [-0.3, -0.25) is 0 Å². The molecule has 0 atom stereocenters. The quantitative estimate of drug-likeness (QED) is 0.755. The summed E-state index contributed by atoms with van der Waals surface area (Å²) in [6.07, 6.45) is 1.42. The molecule has 4 heteroatoms. The van der Waals surface area contributed by atoms with Gasteiger partial charge >= 0.3 is 0 Å². The normalized spacial score (nSPS) is 7.94.